The zero-order valence-electron chi connectivity index (χ0n) is 10.4. The third kappa shape index (κ3) is 2.60. The van der Waals surface area contributed by atoms with E-state index < -0.39 is 4.92 Å². The average molecular weight is 295 g/mol. The van der Waals surface area contributed by atoms with Gasteiger partial charge < -0.3 is 10.7 Å². The largest absolute Gasteiger partial charge is 0.354 e. The van der Waals surface area contributed by atoms with Crippen LogP contribution in [0.5, 0.6) is 0 Å². The number of nitrogen functional groups attached to an aromatic ring is 1. The second kappa shape index (κ2) is 5.68. The summed E-state index contributed by atoms with van der Waals surface area (Å²) in [5, 5.41) is 14.4. The first kappa shape index (κ1) is 14.0. The van der Waals surface area contributed by atoms with Crippen molar-refractivity contribution in [3.8, 4) is 0 Å². The molecule has 1 heterocycles. The monoisotopic (exact) mass is 294 g/mol. The van der Waals surface area contributed by atoms with Gasteiger partial charge in [0.1, 0.15) is 6.33 Å². The molecule has 20 heavy (non-hydrogen) atoms. The summed E-state index contributed by atoms with van der Waals surface area (Å²) in [4.78, 5) is 18.1. The Hall–Kier alpha value is -2.45. The van der Waals surface area contributed by atoms with Gasteiger partial charge in [-0.2, -0.15) is 0 Å². The molecular weight excluding hydrogens is 284 g/mol. The van der Waals surface area contributed by atoms with Gasteiger partial charge >= 0.3 is 5.69 Å². The number of nitrogens with zero attached hydrogens (tertiary/aromatic N) is 3. The zero-order valence-corrected chi connectivity index (χ0v) is 11.2. The maximum atomic E-state index is 11.1. The average Bonchev–Trinajstić information content (AvgIpc) is 2.42. The summed E-state index contributed by atoms with van der Waals surface area (Å²) in [6, 6.07) is 5.28. The Morgan fingerprint density at radius 3 is 2.65 bits per heavy atom. The minimum Gasteiger partial charge on any atom is -0.333 e. The fourth-order valence-corrected chi connectivity index (χ4v) is 1.93. The van der Waals surface area contributed by atoms with Crippen molar-refractivity contribution in [2.75, 3.05) is 10.7 Å². The Morgan fingerprint density at radius 1 is 1.35 bits per heavy atom. The second-order valence-electron chi connectivity index (χ2n) is 3.88. The molecule has 0 amide bonds. The lowest BCUT2D eigenvalue weighted by molar-refractivity contribution is -0.383. The minimum absolute atomic E-state index is 0.00847. The molecule has 104 valence electrons. The van der Waals surface area contributed by atoms with E-state index in [-0.39, 0.29) is 17.3 Å². The zero-order chi connectivity index (χ0) is 14.7. The predicted octanol–water partition coefficient (Wildman–Crippen LogP) is 2.38. The van der Waals surface area contributed by atoms with Crippen molar-refractivity contribution in [3.05, 3.63) is 45.2 Å². The quantitative estimate of drug-likeness (QED) is 0.450. The highest BCUT2D eigenvalue weighted by atomic mass is 35.5. The van der Waals surface area contributed by atoms with Crippen molar-refractivity contribution < 1.29 is 4.92 Å². The Balaban J connectivity index is 2.51. The maximum Gasteiger partial charge on any atom is 0.354 e. The first-order valence-electron chi connectivity index (χ1n) is 5.52. The summed E-state index contributed by atoms with van der Waals surface area (Å²) in [7, 11) is 0. The van der Waals surface area contributed by atoms with Gasteiger partial charge in [0.2, 0.25) is 11.6 Å². The number of hydrazine groups is 1. The van der Waals surface area contributed by atoms with E-state index in [9.17, 15) is 10.1 Å². The SMILES string of the molecule is Cc1cccc(Cl)c1Nc1ncnc(NN)c1[N+](=O)[O-]. The van der Waals surface area contributed by atoms with Crippen LogP contribution < -0.4 is 16.6 Å². The minimum atomic E-state index is -0.621. The normalized spacial score (nSPS) is 10.2. The van der Waals surface area contributed by atoms with E-state index in [0.717, 1.165) is 11.9 Å². The highest BCUT2D eigenvalue weighted by Gasteiger charge is 2.23. The summed E-state index contributed by atoms with van der Waals surface area (Å²) in [6.45, 7) is 1.82. The van der Waals surface area contributed by atoms with Gasteiger partial charge in [-0.25, -0.2) is 15.8 Å². The van der Waals surface area contributed by atoms with Crippen LogP contribution in [0.1, 0.15) is 5.56 Å². The highest BCUT2D eigenvalue weighted by molar-refractivity contribution is 6.33. The van der Waals surface area contributed by atoms with Crippen LogP contribution in [-0.2, 0) is 0 Å². The van der Waals surface area contributed by atoms with Crippen LogP contribution in [0.25, 0.3) is 0 Å². The molecule has 9 heteroatoms. The summed E-state index contributed by atoms with van der Waals surface area (Å²) < 4.78 is 0. The number of nitrogens with two attached hydrogens (primary N) is 1. The van der Waals surface area contributed by atoms with E-state index in [1.807, 2.05) is 13.0 Å². The lowest BCUT2D eigenvalue weighted by Crippen LogP contribution is -2.13. The Kier molecular flexibility index (Phi) is 3.97. The summed E-state index contributed by atoms with van der Waals surface area (Å²) in [5.74, 6) is 5.13. The Morgan fingerprint density at radius 2 is 2.05 bits per heavy atom. The molecule has 0 saturated heterocycles. The number of halogens is 1. The smallest absolute Gasteiger partial charge is 0.333 e. The molecule has 1 aromatic heterocycles. The first-order chi connectivity index (χ1) is 9.54. The molecule has 4 N–H and O–H groups in total. The number of hydrogen-bond acceptors (Lipinski definition) is 7. The van der Waals surface area contributed by atoms with E-state index in [0.29, 0.717) is 10.7 Å². The number of hydrogen-bond donors (Lipinski definition) is 3. The molecule has 0 aliphatic carbocycles. The number of anilines is 3. The molecule has 0 unspecified atom stereocenters. The van der Waals surface area contributed by atoms with Gasteiger partial charge in [-0.3, -0.25) is 10.1 Å². The molecule has 0 bridgehead atoms. The van der Waals surface area contributed by atoms with E-state index in [4.69, 9.17) is 17.4 Å². The van der Waals surface area contributed by atoms with Crippen LogP contribution in [0.3, 0.4) is 0 Å². The van der Waals surface area contributed by atoms with Crippen LogP contribution in [0.4, 0.5) is 23.0 Å². The van der Waals surface area contributed by atoms with Crippen LogP contribution in [0.15, 0.2) is 24.5 Å². The molecule has 2 aromatic rings. The van der Waals surface area contributed by atoms with E-state index in [2.05, 4.69) is 20.7 Å². The highest BCUT2D eigenvalue weighted by Crippen LogP contribution is 2.34. The number of aromatic nitrogens is 2. The first-order valence-corrected chi connectivity index (χ1v) is 5.90. The van der Waals surface area contributed by atoms with E-state index in [1.165, 1.54) is 0 Å². The molecule has 2 rings (SSSR count). The Bertz CT molecular complexity index is 643. The fraction of sp³-hybridized carbons (Fsp3) is 0.0909. The van der Waals surface area contributed by atoms with Crippen LogP contribution in [0, 0.1) is 17.0 Å². The number of nitro groups is 1. The molecular formula is C11H11ClN6O2. The van der Waals surface area contributed by atoms with Crippen molar-refractivity contribution in [1.82, 2.24) is 9.97 Å². The van der Waals surface area contributed by atoms with Gasteiger partial charge in [0.05, 0.1) is 15.6 Å². The number of nitrogens with one attached hydrogen (secondary N) is 2. The molecule has 0 aliphatic heterocycles. The van der Waals surface area contributed by atoms with Crippen LogP contribution in [0.2, 0.25) is 5.02 Å². The number of aryl methyl sites for hydroxylation is 1. The van der Waals surface area contributed by atoms with E-state index in [1.54, 1.807) is 12.1 Å². The van der Waals surface area contributed by atoms with Crippen molar-refractivity contribution in [3.63, 3.8) is 0 Å². The van der Waals surface area contributed by atoms with Gasteiger partial charge in [0.25, 0.3) is 0 Å². The summed E-state index contributed by atoms with van der Waals surface area (Å²) in [5.41, 5.74) is 3.18. The molecule has 1 aromatic carbocycles. The van der Waals surface area contributed by atoms with E-state index >= 15 is 0 Å². The topological polar surface area (TPSA) is 119 Å². The fourth-order valence-electron chi connectivity index (χ4n) is 1.66. The molecule has 0 saturated carbocycles. The van der Waals surface area contributed by atoms with Gasteiger partial charge in [0, 0.05) is 0 Å². The lowest BCUT2D eigenvalue weighted by Gasteiger charge is -2.11. The van der Waals surface area contributed by atoms with Gasteiger partial charge in [-0.15, -0.1) is 0 Å². The molecule has 0 radical (unpaired) electrons. The third-order valence-electron chi connectivity index (χ3n) is 2.61. The van der Waals surface area contributed by atoms with Gasteiger partial charge in [-0.1, -0.05) is 23.7 Å². The standard InChI is InChI=1S/C11H11ClN6O2/c1-6-3-2-4-7(12)8(6)16-10-9(18(19)20)11(17-13)15-5-14-10/h2-5H,13H2,1H3,(H2,14,15,16,17). The third-order valence-corrected chi connectivity index (χ3v) is 2.92. The Labute approximate surface area is 119 Å². The van der Waals surface area contributed by atoms with Crippen LogP contribution >= 0.6 is 11.6 Å². The number of benzene rings is 1. The lowest BCUT2D eigenvalue weighted by atomic mass is 10.2. The van der Waals surface area contributed by atoms with Crippen molar-refractivity contribution in [2.24, 2.45) is 5.84 Å². The second-order valence-corrected chi connectivity index (χ2v) is 4.28. The van der Waals surface area contributed by atoms with Gasteiger partial charge in [-0.05, 0) is 18.6 Å². The molecule has 8 nitrogen and oxygen atoms in total. The van der Waals surface area contributed by atoms with Crippen LogP contribution in [-0.4, -0.2) is 14.9 Å². The summed E-state index contributed by atoms with van der Waals surface area (Å²) >= 11 is 6.07. The molecule has 0 spiro atoms. The number of para-hydroxylation sites is 1. The van der Waals surface area contributed by atoms with Crippen molar-refractivity contribution >= 4 is 34.6 Å². The molecule has 0 atom stereocenters. The molecule has 0 aliphatic rings. The van der Waals surface area contributed by atoms with Crippen molar-refractivity contribution in [1.29, 1.82) is 0 Å². The molecule has 0 fully saturated rings. The maximum absolute atomic E-state index is 11.1. The summed E-state index contributed by atoms with van der Waals surface area (Å²) in [6.07, 6.45) is 1.16. The van der Waals surface area contributed by atoms with Gasteiger partial charge in [0.15, 0.2) is 0 Å². The van der Waals surface area contributed by atoms with Crippen molar-refractivity contribution in [2.45, 2.75) is 6.92 Å². The predicted molar refractivity (Wildman–Crippen MR) is 76.0 cm³/mol. The number of rotatable bonds is 4.